The number of nitrogens with two attached hydrogens (primary N) is 1. The first-order valence-corrected chi connectivity index (χ1v) is 7.42. The number of nitrogens with zero attached hydrogens (tertiary/aromatic N) is 1. The Morgan fingerprint density at radius 1 is 1.65 bits per heavy atom. The molecule has 1 fully saturated rings. The molecule has 2 rings (SSSR count). The van der Waals surface area contributed by atoms with E-state index < -0.39 is 16.1 Å². The zero-order valence-corrected chi connectivity index (χ0v) is 10.7. The summed E-state index contributed by atoms with van der Waals surface area (Å²) in [7, 11) is -3.57. The maximum atomic E-state index is 12.3. The number of hydrogen-bond donors (Lipinski definition) is 2. The molecule has 0 radical (unpaired) electrons. The van der Waals surface area contributed by atoms with Crippen molar-refractivity contribution in [1.82, 2.24) is 4.31 Å². The third-order valence-corrected chi connectivity index (χ3v) is 5.93. The van der Waals surface area contributed by atoms with Gasteiger partial charge in [0.1, 0.15) is 4.21 Å². The first kappa shape index (κ1) is 12.8. The minimum absolute atomic E-state index is 0.204. The zero-order chi connectivity index (χ0) is 12.5. The minimum atomic E-state index is -3.57. The Kier molecular flexibility index (Phi) is 3.69. The van der Waals surface area contributed by atoms with Gasteiger partial charge in [-0.25, -0.2) is 8.42 Å². The first-order chi connectivity index (χ1) is 8.05. The Morgan fingerprint density at radius 2 is 2.41 bits per heavy atom. The van der Waals surface area contributed by atoms with Gasteiger partial charge in [-0.05, 0) is 6.07 Å². The number of morpholine rings is 1. The summed E-state index contributed by atoms with van der Waals surface area (Å²) < 4.78 is 31.2. The normalized spacial score (nSPS) is 22.8. The highest BCUT2D eigenvalue weighted by Crippen LogP contribution is 2.27. The van der Waals surface area contributed by atoms with Crippen LogP contribution < -0.4 is 5.73 Å². The van der Waals surface area contributed by atoms with Gasteiger partial charge in [0.25, 0.3) is 10.0 Å². The van der Waals surface area contributed by atoms with E-state index in [4.69, 9.17) is 15.6 Å². The van der Waals surface area contributed by atoms with Crippen molar-refractivity contribution in [3.63, 3.8) is 0 Å². The summed E-state index contributed by atoms with van der Waals surface area (Å²) in [6.07, 6.45) is 0. The summed E-state index contributed by atoms with van der Waals surface area (Å²) in [6, 6.07) is 0.918. The van der Waals surface area contributed by atoms with Crippen molar-refractivity contribution in [1.29, 1.82) is 0 Å². The summed E-state index contributed by atoms with van der Waals surface area (Å²) in [6.45, 7) is 0.568. The molecule has 1 unspecified atom stereocenters. The van der Waals surface area contributed by atoms with E-state index in [0.717, 1.165) is 11.3 Å². The van der Waals surface area contributed by atoms with E-state index in [1.54, 1.807) is 5.38 Å². The molecule has 0 aliphatic carbocycles. The van der Waals surface area contributed by atoms with Crippen LogP contribution >= 0.6 is 11.3 Å². The van der Waals surface area contributed by atoms with Crippen LogP contribution in [0.3, 0.4) is 0 Å². The van der Waals surface area contributed by atoms with E-state index in [1.807, 2.05) is 0 Å². The molecule has 3 N–H and O–H groups in total. The summed E-state index contributed by atoms with van der Waals surface area (Å²) in [5, 5.41) is 10.8. The molecule has 1 aromatic rings. The van der Waals surface area contributed by atoms with Gasteiger partial charge in [-0.15, -0.1) is 11.3 Å². The molecule has 6 nitrogen and oxygen atoms in total. The molecule has 1 aliphatic heterocycles. The maximum absolute atomic E-state index is 12.3. The molecule has 1 aliphatic rings. The standard InChI is InChI=1S/C9H14N2O4S2/c10-7-3-9(16-6-7)17(13,14)11-1-2-15-5-8(11)4-12/h3,6,8,12H,1-2,4-5,10H2. The molecule has 8 heteroatoms. The van der Waals surface area contributed by atoms with Crippen molar-refractivity contribution in [2.75, 3.05) is 32.1 Å². The average Bonchev–Trinajstić information content (AvgIpc) is 2.76. The third-order valence-electron chi connectivity index (χ3n) is 2.54. The van der Waals surface area contributed by atoms with E-state index >= 15 is 0 Å². The van der Waals surface area contributed by atoms with E-state index in [2.05, 4.69) is 0 Å². The predicted octanol–water partition coefficient (Wildman–Crippen LogP) is -0.288. The Morgan fingerprint density at radius 3 is 3.00 bits per heavy atom. The number of hydrogen-bond acceptors (Lipinski definition) is 6. The lowest BCUT2D eigenvalue weighted by Crippen LogP contribution is -2.50. The fourth-order valence-electron chi connectivity index (χ4n) is 1.68. The van der Waals surface area contributed by atoms with Gasteiger partial charge in [0.2, 0.25) is 0 Å². The Hall–Kier alpha value is -0.670. The Balaban J connectivity index is 2.30. The molecule has 2 heterocycles. The largest absolute Gasteiger partial charge is 0.398 e. The number of ether oxygens (including phenoxy) is 1. The van der Waals surface area contributed by atoms with Gasteiger partial charge in [0, 0.05) is 17.6 Å². The van der Waals surface area contributed by atoms with Crippen LogP contribution in [-0.4, -0.2) is 50.2 Å². The number of thiophene rings is 1. The quantitative estimate of drug-likeness (QED) is 0.792. The minimum Gasteiger partial charge on any atom is -0.398 e. The molecule has 0 spiro atoms. The number of sulfonamides is 1. The molecule has 0 saturated carbocycles. The lowest BCUT2D eigenvalue weighted by Gasteiger charge is -2.32. The van der Waals surface area contributed by atoms with E-state index in [1.165, 1.54) is 10.4 Å². The van der Waals surface area contributed by atoms with Gasteiger partial charge in [-0.1, -0.05) is 0 Å². The molecule has 17 heavy (non-hydrogen) atoms. The summed E-state index contributed by atoms with van der Waals surface area (Å²) in [5.74, 6) is 0. The number of aliphatic hydroxyl groups excluding tert-OH is 1. The summed E-state index contributed by atoms with van der Waals surface area (Å²) >= 11 is 1.09. The predicted molar refractivity (Wildman–Crippen MR) is 64.3 cm³/mol. The smallest absolute Gasteiger partial charge is 0.253 e. The lowest BCUT2D eigenvalue weighted by molar-refractivity contribution is 0.0110. The van der Waals surface area contributed by atoms with Gasteiger partial charge in [-0.3, -0.25) is 0 Å². The van der Waals surface area contributed by atoms with Crippen molar-refractivity contribution >= 4 is 27.0 Å². The topological polar surface area (TPSA) is 92.9 Å². The van der Waals surface area contributed by atoms with E-state index in [0.29, 0.717) is 12.3 Å². The highest BCUT2D eigenvalue weighted by atomic mass is 32.2. The lowest BCUT2D eigenvalue weighted by atomic mass is 10.3. The molecular formula is C9H14N2O4S2. The number of aliphatic hydroxyl groups is 1. The van der Waals surface area contributed by atoms with Crippen molar-refractivity contribution in [2.24, 2.45) is 0 Å². The zero-order valence-electron chi connectivity index (χ0n) is 9.07. The molecule has 96 valence electrons. The van der Waals surface area contributed by atoms with Gasteiger partial charge < -0.3 is 15.6 Å². The molecule has 0 amide bonds. The fourth-order valence-corrected chi connectivity index (χ4v) is 4.47. The van der Waals surface area contributed by atoms with Crippen molar-refractivity contribution < 1.29 is 18.3 Å². The molecule has 1 aromatic heterocycles. The van der Waals surface area contributed by atoms with Crippen LogP contribution in [-0.2, 0) is 14.8 Å². The van der Waals surface area contributed by atoms with Crippen molar-refractivity contribution in [3.05, 3.63) is 11.4 Å². The molecular weight excluding hydrogens is 264 g/mol. The van der Waals surface area contributed by atoms with Gasteiger partial charge in [-0.2, -0.15) is 4.31 Å². The van der Waals surface area contributed by atoms with Gasteiger partial charge >= 0.3 is 0 Å². The number of rotatable bonds is 3. The highest BCUT2D eigenvalue weighted by Gasteiger charge is 2.34. The summed E-state index contributed by atoms with van der Waals surface area (Å²) in [5.41, 5.74) is 5.96. The van der Waals surface area contributed by atoms with Gasteiger partial charge in [0.15, 0.2) is 0 Å². The van der Waals surface area contributed by atoms with E-state index in [-0.39, 0.29) is 24.0 Å². The molecule has 0 aromatic carbocycles. The monoisotopic (exact) mass is 278 g/mol. The van der Waals surface area contributed by atoms with Crippen molar-refractivity contribution in [3.8, 4) is 0 Å². The first-order valence-electron chi connectivity index (χ1n) is 5.10. The highest BCUT2D eigenvalue weighted by molar-refractivity contribution is 7.91. The Labute approximate surface area is 104 Å². The Bertz CT molecular complexity index is 485. The third kappa shape index (κ3) is 2.45. The fraction of sp³-hybridized carbons (Fsp3) is 0.556. The second-order valence-electron chi connectivity index (χ2n) is 3.73. The van der Waals surface area contributed by atoms with Crippen LogP contribution in [0.2, 0.25) is 0 Å². The second kappa shape index (κ2) is 4.91. The molecule has 1 atom stereocenters. The van der Waals surface area contributed by atoms with Crippen LogP contribution in [0.25, 0.3) is 0 Å². The van der Waals surface area contributed by atoms with Crippen LogP contribution in [0.15, 0.2) is 15.7 Å². The maximum Gasteiger partial charge on any atom is 0.253 e. The number of nitrogen functional groups attached to an aromatic ring is 1. The SMILES string of the molecule is Nc1csc(S(=O)(=O)N2CCOCC2CO)c1. The van der Waals surface area contributed by atoms with Crippen LogP contribution in [0.1, 0.15) is 0 Å². The van der Waals surface area contributed by atoms with Crippen LogP contribution in [0.4, 0.5) is 5.69 Å². The van der Waals surface area contributed by atoms with Gasteiger partial charge in [0.05, 0.1) is 25.9 Å². The van der Waals surface area contributed by atoms with Crippen molar-refractivity contribution in [2.45, 2.75) is 10.3 Å². The van der Waals surface area contributed by atoms with Crippen LogP contribution in [0.5, 0.6) is 0 Å². The van der Waals surface area contributed by atoms with E-state index in [9.17, 15) is 8.42 Å². The molecule has 0 bridgehead atoms. The van der Waals surface area contributed by atoms with Crippen LogP contribution in [0, 0.1) is 0 Å². The average molecular weight is 278 g/mol. The number of anilines is 1. The second-order valence-corrected chi connectivity index (χ2v) is 6.75. The molecule has 1 saturated heterocycles. The summed E-state index contributed by atoms with van der Waals surface area (Å²) in [4.78, 5) is 0.